The van der Waals surface area contributed by atoms with Crippen molar-refractivity contribution in [2.24, 2.45) is 0 Å². The van der Waals surface area contributed by atoms with Crippen LogP contribution in [0.3, 0.4) is 0 Å². The lowest BCUT2D eigenvalue weighted by Gasteiger charge is -2.23. The van der Waals surface area contributed by atoms with Crippen LogP contribution in [-0.2, 0) is 9.84 Å². The lowest BCUT2D eigenvalue weighted by molar-refractivity contribution is 0.310. The topological polar surface area (TPSA) is 64.4 Å². The highest BCUT2D eigenvalue weighted by Gasteiger charge is 2.16. The average Bonchev–Trinajstić information content (AvgIpc) is 2.70. The van der Waals surface area contributed by atoms with Crippen molar-refractivity contribution in [3.8, 4) is 6.07 Å². The summed E-state index contributed by atoms with van der Waals surface area (Å²) in [5.41, 5.74) is 1.79. The molecule has 2 rings (SSSR count). The second kappa shape index (κ2) is 6.92. The molecule has 0 aliphatic carbocycles. The summed E-state index contributed by atoms with van der Waals surface area (Å²) in [6.45, 7) is 4.26. The molecule has 0 spiro atoms. The fourth-order valence-corrected chi connectivity index (χ4v) is 3.08. The summed E-state index contributed by atoms with van der Waals surface area (Å²) in [6, 6.07) is 9.75. The molecule has 0 amide bonds. The van der Waals surface area contributed by atoms with Crippen LogP contribution in [-0.4, -0.2) is 58.1 Å². The predicted molar refractivity (Wildman–Crippen MR) is 84.1 cm³/mol. The van der Waals surface area contributed by atoms with Gasteiger partial charge in [0.05, 0.1) is 17.4 Å². The zero-order chi connectivity index (χ0) is 15.3. The van der Waals surface area contributed by atoms with Crippen LogP contribution in [0.5, 0.6) is 0 Å². The lowest BCUT2D eigenvalue weighted by atomic mass is 10.2. The fourth-order valence-electron chi connectivity index (χ4n) is 2.49. The van der Waals surface area contributed by atoms with E-state index < -0.39 is 9.84 Å². The van der Waals surface area contributed by atoms with Gasteiger partial charge in [-0.3, -0.25) is 0 Å². The highest BCUT2D eigenvalue weighted by molar-refractivity contribution is 7.90. The van der Waals surface area contributed by atoms with Gasteiger partial charge in [-0.15, -0.1) is 0 Å². The molecule has 1 aliphatic heterocycles. The van der Waals surface area contributed by atoms with Gasteiger partial charge in [-0.1, -0.05) is 0 Å². The smallest absolute Gasteiger partial charge is 0.148 e. The summed E-state index contributed by atoms with van der Waals surface area (Å²) >= 11 is 0. The van der Waals surface area contributed by atoms with Crippen molar-refractivity contribution in [2.75, 3.05) is 49.6 Å². The zero-order valence-corrected chi connectivity index (χ0v) is 13.1. The third kappa shape index (κ3) is 5.03. The van der Waals surface area contributed by atoms with Crippen molar-refractivity contribution < 1.29 is 8.42 Å². The lowest BCUT2D eigenvalue weighted by Crippen LogP contribution is -2.33. The van der Waals surface area contributed by atoms with Crippen molar-refractivity contribution >= 4 is 15.5 Å². The molecule has 0 aromatic heterocycles. The van der Waals surface area contributed by atoms with Gasteiger partial charge in [0, 0.05) is 38.1 Å². The van der Waals surface area contributed by atoms with Gasteiger partial charge < -0.3 is 9.80 Å². The summed E-state index contributed by atoms with van der Waals surface area (Å²) in [7, 11) is -2.89. The van der Waals surface area contributed by atoms with E-state index >= 15 is 0 Å². The van der Waals surface area contributed by atoms with Crippen LogP contribution in [0.1, 0.15) is 12.0 Å². The summed E-state index contributed by atoms with van der Waals surface area (Å²) < 4.78 is 22.5. The van der Waals surface area contributed by atoms with Crippen LogP contribution in [0.4, 0.5) is 5.69 Å². The summed E-state index contributed by atoms with van der Waals surface area (Å²) in [5, 5.41) is 8.82. The van der Waals surface area contributed by atoms with E-state index in [0.717, 1.165) is 38.3 Å². The maximum atomic E-state index is 11.2. The van der Waals surface area contributed by atoms with Gasteiger partial charge in [-0.05, 0) is 37.2 Å². The van der Waals surface area contributed by atoms with Gasteiger partial charge in [0.1, 0.15) is 9.84 Å². The maximum Gasteiger partial charge on any atom is 0.148 e. The SMILES string of the molecule is CS(=O)(=O)CCN1CCCN(c2ccc(C#N)cc2)CC1. The van der Waals surface area contributed by atoms with E-state index in [9.17, 15) is 8.42 Å². The van der Waals surface area contributed by atoms with Gasteiger partial charge in [-0.25, -0.2) is 8.42 Å². The summed E-state index contributed by atoms with van der Waals surface area (Å²) in [6.07, 6.45) is 2.30. The minimum Gasteiger partial charge on any atom is -0.370 e. The molecule has 0 bridgehead atoms. The molecule has 0 saturated carbocycles. The molecule has 6 heteroatoms. The third-order valence-corrected chi connectivity index (χ3v) is 4.65. The third-order valence-electron chi connectivity index (χ3n) is 3.73. The Labute approximate surface area is 126 Å². The Hall–Kier alpha value is -1.58. The number of hydrogen-bond acceptors (Lipinski definition) is 5. The van der Waals surface area contributed by atoms with E-state index in [1.807, 2.05) is 24.3 Å². The number of nitriles is 1. The van der Waals surface area contributed by atoms with Crippen LogP contribution < -0.4 is 4.90 Å². The predicted octanol–water partition coefficient (Wildman–Crippen LogP) is 1.11. The maximum absolute atomic E-state index is 11.2. The van der Waals surface area contributed by atoms with E-state index in [4.69, 9.17) is 5.26 Å². The summed E-state index contributed by atoms with van der Waals surface area (Å²) in [4.78, 5) is 4.51. The molecule has 1 saturated heterocycles. The van der Waals surface area contributed by atoms with E-state index in [1.54, 1.807) is 0 Å². The van der Waals surface area contributed by atoms with E-state index in [2.05, 4.69) is 15.9 Å². The first-order valence-corrected chi connectivity index (χ1v) is 9.19. The number of sulfone groups is 1. The van der Waals surface area contributed by atoms with Crippen LogP contribution >= 0.6 is 0 Å². The quantitative estimate of drug-likeness (QED) is 0.834. The van der Waals surface area contributed by atoms with Crippen molar-refractivity contribution in [2.45, 2.75) is 6.42 Å². The summed E-state index contributed by atoms with van der Waals surface area (Å²) in [5.74, 6) is 0.226. The first-order valence-electron chi connectivity index (χ1n) is 7.13. The van der Waals surface area contributed by atoms with Crippen molar-refractivity contribution in [3.05, 3.63) is 29.8 Å². The van der Waals surface area contributed by atoms with E-state index in [1.165, 1.54) is 6.26 Å². The molecule has 0 atom stereocenters. The standard InChI is InChI=1S/C15H21N3O2S/c1-21(19,20)12-11-17-7-2-8-18(10-9-17)15-5-3-14(13-16)4-6-15/h3-6H,2,7-12H2,1H3. The molecular formula is C15H21N3O2S. The van der Waals surface area contributed by atoms with Crippen LogP contribution in [0.25, 0.3) is 0 Å². The van der Waals surface area contributed by atoms with Crippen LogP contribution in [0, 0.1) is 11.3 Å². The van der Waals surface area contributed by atoms with Crippen LogP contribution in [0.2, 0.25) is 0 Å². The van der Waals surface area contributed by atoms with Gasteiger partial charge in [0.25, 0.3) is 0 Å². The fraction of sp³-hybridized carbons (Fsp3) is 0.533. The van der Waals surface area contributed by atoms with E-state index in [0.29, 0.717) is 12.1 Å². The Kier molecular flexibility index (Phi) is 5.21. The Balaban J connectivity index is 1.92. The molecule has 0 unspecified atom stereocenters. The molecule has 1 aromatic carbocycles. The Bertz CT molecular complexity index is 605. The molecule has 114 valence electrons. The van der Waals surface area contributed by atoms with Crippen molar-refractivity contribution in [1.82, 2.24) is 4.90 Å². The average molecular weight is 307 g/mol. The Morgan fingerprint density at radius 2 is 1.86 bits per heavy atom. The van der Waals surface area contributed by atoms with Crippen molar-refractivity contribution in [3.63, 3.8) is 0 Å². The number of hydrogen-bond donors (Lipinski definition) is 0. The molecule has 0 radical (unpaired) electrons. The molecule has 21 heavy (non-hydrogen) atoms. The number of nitrogens with zero attached hydrogens (tertiary/aromatic N) is 3. The van der Waals surface area contributed by atoms with E-state index in [-0.39, 0.29) is 5.75 Å². The number of anilines is 1. The monoisotopic (exact) mass is 307 g/mol. The Morgan fingerprint density at radius 3 is 2.48 bits per heavy atom. The zero-order valence-electron chi connectivity index (χ0n) is 12.3. The first kappa shape index (κ1) is 15.8. The van der Waals surface area contributed by atoms with Gasteiger partial charge in [0.2, 0.25) is 0 Å². The molecule has 1 heterocycles. The van der Waals surface area contributed by atoms with Crippen LogP contribution in [0.15, 0.2) is 24.3 Å². The molecule has 1 aromatic rings. The Morgan fingerprint density at radius 1 is 1.14 bits per heavy atom. The van der Waals surface area contributed by atoms with Gasteiger partial charge in [-0.2, -0.15) is 5.26 Å². The van der Waals surface area contributed by atoms with Gasteiger partial charge in [0.15, 0.2) is 0 Å². The molecule has 0 N–H and O–H groups in total. The molecule has 5 nitrogen and oxygen atoms in total. The normalized spacial score (nSPS) is 17.2. The minimum atomic E-state index is -2.89. The van der Waals surface area contributed by atoms with Gasteiger partial charge >= 0.3 is 0 Å². The molecule has 1 aliphatic rings. The molecular weight excluding hydrogens is 286 g/mol. The number of benzene rings is 1. The largest absolute Gasteiger partial charge is 0.370 e. The highest BCUT2D eigenvalue weighted by atomic mass is 32.2. The second-order valence-electron chi connectivity index (χ2n) is 5.47. The number of rotatable bonds is 4. The first-order chi connectivity index (χ1) is 9.98. The minimum absolute atomic E-state index is 0.226. The van der Waals surface area contributed by atoms with Crippen molar-refractivity contribution in [1.29, 1.82) is 5.26 Å². The highest BCUT2D eigenvalue weighted by Crippen LogP contribution is 2.17. The molecule has 1 fully saturated rings. The second-order valence-corrected chi connectivity index (χ2v) is 7.73.